The van der Waals surface area contributed by atoms with E-state index in [0.717, 1.165) is 25.9 Å². The van der Waals surface area contributed by atoms with Gasteiger partial charge in [-0.3, -0.25) is 28.8 Å². The summed E-state index contributed by atoms with van der Waals surface area (Å²) in [5, 5.41) is 31.2. The van der Waals surface area contributed by atoms with Gasteiger partial charge in [0.1, 0.15) is 46.2 Å². The number of carbonyl (C=O) groups is 6. The quantitative estimate of drug-likeness (QED) is 0.0231. The number of carboxylic acid groups (broad SMARTS) is 2. The number of unbranched alkanes of at least 4 members (excludes halogenated alkanes) is 1. The van der Waals surface area contributed by atoms with Crippen molar-refractivity contribution in [2.24, 2.45) is 0 Å². The average molecular weight is 1550 g/mol. The Labute approximate surface area is 620 Å². The number of amides is 4. The predicted molar refractivity (Wildman–Crippen MR) is 387 cm³/mol. The molecule has 0 atom stereocenters. The molecule has 0 aliphatic carbocycles. The average Bonchev–Trinajstić information content (AvgIpc) is 0.797. The molecule has 2 heterocycles. The topological polar surface area (TPSA) is 337 Å². The maximum Gasteiger partial charge on any atom is 0.303 e. The first-order valence-corrected chi connectivity index (χ1v) is 37.6. The van der Waals surface area contributed by atoms with E-state index in [1.54, 1.807) is 54.6 Å². The van der Waals surface area contributed by atoms with E-state index in [0.29, 0.717) is 150 Å². The number of anilines is 3. The van der Waals surface area contributed by atoms with Crippen LogP contribution in [0.3, 0.4) is 0 Å². The van der Waals surface area contributed by atoms with Gasteiger partial charge < -0.3 is 103 Å². The molecule has 6 rings (SSSR count). The maximum absolute atomic E-state index is 12.7. The van der Waals surface area contributed by atoms with E-state index in [1.165, 1.54) is 16.7 Å². The van der Waals surface area contributed by atoms with Gasteiger partial charge in [0.2, 0.25) is 23.6 Å². The smallest absolute Gasteiger partial charge is 0.303 e. The fourth-order valence-electron chi connectivity index (χ4n) is 9.52. The van der Waals surface area contributed by atoms with Crippen LogP contribution in [0, 0.1) is 0 Å². The molecular weight excluding hydrogens is 1440 g/mol. The zero-order valence-corrected chi connectivity index (χ0v) is 62.9. The van der Waals surface area contributed by atoms with Crippen LogP contribution >= 0.6 is 7.81 Å². The van der Waals surface area contributed by atoms with Crippen LogP contribution in [-0.2, 0) is 84.0 Å². The third kappa shape index (κ3) is 46.9. The van der Waals surface area contributed by atoms with Gasteiger partial charge in [0.05, 0.1) is 112 Å². The van der Waals surface area contributed by atoms with Crippen molar-refractivity contribution in [1.29, 1.82) is 0 Å². The van der Waals surface area contributed by atoms with Gasteiger partial charge in [-0.25, -0.2) is 0 Å². The Morgan fingerprint density at radius 3 is 0.944 bits per heavy atom. The first-order chi connectivity index (χ1) is 50.7. The van der Waals surface area contributed by atoms with E-state index in [2.05, 4.69) is 86.3 Å². The summed E-state index contributed by atoms with van der Waals surface area (Å²) in [5.41, 5.74) is 5.82. The minimum atomic E-state index is -10.7. The molecule has 2 aliphatic heterocycles. The van der Waals surface area contributed by atoms with Crippen LogP contribution in [0.15, 0.2) is 72.8 Å². The number of quaternary nitrogens is 1. The van der Waals surface area contributed by atoms with E-state index >= 15 is 0 Å². The molecule has 107 heavy (non-hydrogen) atoms. The number of hydrogen-bond acceptors (Lipinski definition) is 20. The van der Waals surface area contributed by atoms with E-state index in [1.807, 2.05) is 0 Å². The van der Waals surface area contributed by atoms with Gasteiger partial charge in [0.15, 0.2) is 34.5 Å². The van der Waals surface area contributed by atoms with Crippen molar-refractivity contribution in [2.75, 3.05) is 174 Å². The van der Waals surface area contributed by atoms with Crippen LogP contribution in [0.5, 0.6) is 34.5 Å². The number of halogens is 6. The van der Waals surface area contributed by atoms with Gasteiger partial charge in [-0.1, -0.05) is 47.6 Å². The van der Waals surface area contributed by atoms with Crippen molar-refractivity contribution in [1.82, 2.24) is 5.32 Å². The second kappa shape index (κ2) is 47.8. The maximum atomic E-state index is 12.7. The molecule has 0 bridgehead atoms. The first-order valence-electron chi connectivity index (χ1n) is 35.6. The standard InChI is InChI=1S/C39H61N3O8.C34H46N2O14.F6P/c1-38(2,3)31-25-30(26-32(27-31)39(4,5)6)29-40-13-8-7-9-36(43)41-14-12-37(44)42-33-10-11-34-35(28-33)50-24-22-48-20-18-46-16-15-45-17-19-47-21-23-49-34;37-31(3-1-5-33(39)40)35-25-7-9-27-29(23-25)49-21-17-45-13-14-46-18-22-50-30-24-26(36-32(38)4-2-6-34(41)42)8-10-28(30)48-20-16-44-12-11-43-15-19-47-27;1-7(2,3,4,5)6/h10-11,25-28,40H,7-9,12-24,29H2,1-6H3,(H,41,43)(H,42,44);7-10,23-24H,1-6,11-22H2,(H,35,37)(H,36,38)(H,39,40)(H,41,42);/q;;-1/p+1. The zero-order chi connectivity index (χ0) is 78.5. The SMILES string of the molecule is CC(C)(C)c1cc(C[NH2+]CCCCC(=O)NCCC(=O)Nc2ccc3c(c2)OCCOCCOCCOCCOCCO3)cc(C(C)(C)C)c1.F[P-](F)(F)(F)(F)F.O=C(O)CCCC(=O)Nc1ccc2c(c1)OCCOCCOCCOc1cc(NC(=O)CCCC(=O)O)ccc1OCCOCCOCCO2. The Morgan fingerprint density at radius 1 is 0.364 bits per heavy atom. The van der Waals surface area contributed by atoms with Crippen molar-refractivity contribution >= 4 is 60.4 Å². The second-order valence-electron chi connectivity index (χ2n) is 26.3. The van der Waals surface area contributed by atoms with Gasteiger partial charge in [0, 0.05) is 85.9 Å². The minimum absolute atomic E-state index is 0.0369. The molecule has 604 valence electrons. The fourth-order valence-corrected chi connectivity index (χ4v) is 9.52. The van der Waals surface area contributed by atoms with Crippen LogP contribution in [0.1, 0.15) is 122 Å². The van der Waals surface area contributed by atoms with E-state index < -0.39 is 19.7 Å². The molecule has 4 aromatic rings. The Hall–Kier alpha value is -7.85. The number of carbonyl (C=O) groups excluding carboxylic acids is 4. The minimum Gasteiger partial charge on any atom is -0.487 e. The third-order valence-corrected chi connectivity index (χ3v) is 14.9. The summed E-state index contributed by atoms with van der Waals surface area (Å²) in [5.74, 6) is -0.0417. The molecule has 0 saturated heterocycles. The van der Waals surface area contributed by atoms with E-state index in [4.69, 9.17) is 76.5 Å². The summed E-state index contributed by atoms with van der Waals surface area (Å²) in [6.07, 6.45) is 2.79. The summed E-state index contributed by atoms with van der Waals surface area (Å²) in [7, 11) is -10.7. The number of nitrogens with two attached hydrogens (primary N) is 1. The number of rotatable bonds is 21. The Kier molecular flexibility index (Phi) is 40.9. The van der Waals surface area contributed by atoms with E-state index in [-0.39, 0.29) is 139 Å². The van der Waals surface area contributed by atoms with Gasteiger partial charge >= 0.3 is 44.9 Å². The van der Waals surface area contributed by atoms with Crippen LogP contribution in [0.4, 0.5) is 42.2 Å². The van der Waals surface area contributed by atoms with Crippen LogP contribution in [0.2, 0.25) is 0 Å². The van der Waals surface area contributed by atoms with Crippen molar-refractivity contribution in [3.05, 3.63) is 89.5 Å². The molecule has 8 N–H and O–H groups in total. The number of carboxylic acids is 2. The Balaban J connectivity index is 0.000000415. The summed E-state index contributed by atoms with van der Waals surface area (Å²) in [4.78, 5) is 71.0. The molecule has 0 saturated carbocycles. The van der Waals surface area contributed by atoms with Crippen molar-refractivity contribution in [3.63, 3.8) is 0 Å². The number of nitrogens with one attached hydrogen (secondary N) is 4. The number of fused-ring (bicyclic) bond motifs is 3. The zero-order valence-electron chi connectivity index (χ0n) is 62.0. The summed E-state index contributed by atoms with van der Waals surface area (Å²) < 4.78 is 139. The number of hydrogen-bond donors (Lipinski definition) is 7. The number of aliphatic carboxylic acids is 2. The molecule has 0 fully saturated rings. The summed E-state index contributed by atoms with van der Waals surface area (Å²) >= 11 is 0. The third-order valence-electron chi connectivity index (χ3n) is 14.9. The van der Waals surface area contributed by atoms with Crippen LogP contribution in [0.25, 0.3) is 0 Å². The molecular formula is C73H108F6N5O22P. The second-order valence-corrected chi connectivity index (χ2v) is 28.2. The Morgan fingerprint density at radius 2 is 0.645 bits per heavy atom. The van der Waals surface area contributed by atoms with E-state index in [9.17, 15) is 53.9 Å². The molecule has 2 aliphatic rings. The molecule has 4 aromatic carbocycles. The molecule has 0 aromatic heterocycles. The van der Waals surface area contributed by atoms with Crippen molar-refractivity contribution in [3.8, 4) is 34.5 Å². The number of ether oxygens (including phenoxy) is 14. The molecule has 34 heteroatoms. The predicted octanol–water partition coefficient (Wildman–Crippen LogP) is 11.2. The van der Waals surface area contributed by atoms with Crippen molar-refractivity contribution in [2.45, 2.75) is 123 Å². The molecule has 27 nitrogen and oxygen atoms in total. The Bertz CT molecular complexity index is 3190. The summed E-state index contributed by atoms with van der Waals surface area (Å²) in [6.45, 7) is 23.2. The molecule has 0 radical (unpaired) electrons. The van der Waals surface area contributed by atoms with Gasteiger partial charge in [-0.15, -0.1) is 0 Å². The molecule has 4 amide bonds. The molecule has 0 unspecified atom stereocenters. The fraction of sp³-hybridized carbons (Fsp3) is 0.589. The van der Waals surface area contributed by atoms with Gasteiger partial charge in [-0.05, 0) is 96.2 Å². The largest absolute Gasteiger partial charge is 0.487 e. The van der Waals surface area contributed by atoms with Gasteiger partial charge in [-0.2, -0.15) is 0 Å². The first kappa shape index (κ1) is 91.5. The number of benzene rings is 4. The van der Waals surface area contributed by atoms with Gasteiger partial charge in [0.25, 0.3) is 0 Å². The van der Waals surface area contributed by atoms with Crippen LogP contribution in [-0.4, -0.2) is 204 Å². The summed E-state index contributed by atoms with van der Waals surface area (Å²) in [6, 6.07) is 22.2. The van der Waals surface area contributed by atoms with Crippen molar-refractivity contribution < 1.29 is 136 Å². The normalized spacial score (nSPS) is 16.1. The molecule has 0 spiro atoms. The monoisotopic (exact) mass is 1550 g/mol. The van der Waals surface area contributed by atoms with Crippen LogP contribution < -0.4 is 55.0 Å².